The molecule has 2 amide bonds. The van der Waals surface area contributed by atoms with Crippen molar-refractivity contribution in [3.63, 3.8) is 0 Å². The van der Waals surface area contributed by atoms with E-state index in [0.717, 1.165) is 5.56 Å². The smallest absolute Gasteiger partial charge is 0.408 e. The lowest BCUT2D eigenvalue weighted by Crippen LogP contribution is -2.49. The highest BCUT2D eigenvalue weighted by Crippen LogP contribution is 2.07. The standard InChI is InChI=1S/C19H27N3O4/c1-5-6-12-20-22-17(23)16(21-18(24)26-19(2,3)4)14-25-13-15-10-8-7-9-11-15/h5-12,16H,13-14H2,1-4H3,(H,21,24)(H,22,23). The van der Waals surface area contributed by atoms with Gasteiger partial charge in [0.05, 0.1) is 13.2 Å². The molecule has 0 aliphatic rings. The first-order valence-electron chi connectivity index (χ1n) is 8.37. The molecule has 142 valence electrons. The van der Waals surface area contributed by atoms with Crippen molar-refractivity contribution in [2.45, 2.75) is 45.9 Å². The lowest BCUT2D eigenvalue weighted by molar-refractivity contribution is -0.124. The van der Waals surface area contributed by atoms with E-state index in [1.165, 1.54) is 6.21 Å². The van der Waals surface area contributed by atoms with Gasteiger partial charge in [-0.05, 0) is 39.3 Å². The molecule has 0 aliphatic carbocycles. The maximum atomic E-state index is 12.3. The largest absolute Gasteiger partial charge is 0.444 e. The molecule has 0 aromatic heterocycles. The Hall–Kier alpha value is -2.67. The summed E-state index contributed by atoms with van der Waals surface area (Å²) in [6.45, 7) is 7.37. The van der Waals surface area contributed by atoms with Gasteiger partial charge in [0.2, 0.25) is 0 Å². The highest BCUT2D eigenvalue weighted by Gasteiger charge is 2.24. The van der Waals surface area contributed by atoms with E-state index in [9.17, 15) is 9.59 Å². The van der Waals surface area contributed by atoms with E-state index in [1.54, 1.807) is 32.9 Å². The van der Waals surface area contributed by atoms with Crippen LogP contribution < -0.4 is 10.7 Å². The summed E-state index contributed by atoms with van der Waals surface area (Å²) < 4.78 is 10.8. The third-order valence-corrected chi connectivity index (χ3v) is 2.93. The predicted molar refractivity (Wildman–Crippen MR) is 101 cm³/mol. The summed E-state index contributed by atoms with van der Waals surface area (Å²) in [5.41, 5.74) is 2.66. The molecule has 0 fully saturated rings. The van der Waals surface area contributed by atoms with Gasteiger partial charge < -0.3 is 14.8 Å². The number of nitrogens with one attached hydrogen (secondary N) is 2. The maximum absolute atomic E-state index is 12.3. The highest BCUT2D eigenvalue weighted by atomic mass is 16.6. The Labute approximate surface area is 154 Å². The number of benzene rings is 1. The van der Waals surface area contributed by atoms with Crippen molar-refractivity contribution >= 4 is 18.2 Å². The van der Waals surface area contributed by atoms with Gasteiger partial charge in [-0.3, -0.25) is 4.79 Å². The van der Waals surface area contributed by atoms with Crippen molar-refractivity contribution < 1.29 is 19.1 Å². The fraction of sp³-hybridized carbons (Fsp3) is 0.421. The number of rotatable bonds is 8. The number of nitrogens with zero attached hydrogens (tertiary/aromatic N) is 1. The molecule has 1 atom stereocenters. The number of hydrogen-bond donors (Lipinski definition) is 2. The van der Waals surface area contributed by atoms with Crippen LogP contribution in [0.4, 0.5) is 4.79 Å². The Morgan fingerprint density at radius 2 is 1.92 bits per heavy atom. The van der Waals surface area contributed by atoms with Crippen LogP contribution in [0.3, 0.4) is 0 Å². The molecular formula is C19H27N3O4. The first-order valence-corrected chi connectivity index (χ1v) is 8.37. The molecule has 0 spiro atoms. The summed E-state index contributed by atoms with van der Waals surface area (Å²) >= 11 is 0. The van der Waals surface area contributed by atoms with Crippen LogP contribution in [0.5, 0.6) is 0 Å². The van der Waals surface area contributed by atoms with Crippen LogP contribution in [0, 0.1) is 0 Å². The van der Waals surface area contributed by atoms with E-state index in [2.05, 4.69) is 15.8 Å². The number of carbonyl (C=O) groups is 2. The minimum Gasteiger partial charge on any atom is -0.444 e. The zero-order valence-electron chi connectivity index (χ0n) is 15.7. The number of hydrogen-bond acceptors (Lipinski definition) is 5. The Morgan fingerprint density at radius 3 is 2.54 bits per heavy atom. The topological polar surface area (TPSA) is 89.0 Å². The molecule has 7 nitrogen and oxygen atoms in total. The third kappa shape index (κ3) is 9.58. The lowest BCUT2D eigenvalue weighted by atomic mass is 10.2. The summed E-state index contributed by atoms with van der Waals surface area (Å²) in [6.07, 6.45) is 4.18. The summed E-state index contributed by atoms with van der Waals surface area (Å²) in [5, 5.41) is 6.28. The van der Waals surface area contributed by atoms with Gasteiger partial charge in [-0.25, -0.2) is 10.2 Å². The zero-order valence-corrected chi connectivity index (χ0v) is 15.7. The van der Waals surface area contributed by atoms with Gasteiger partial charge >= 0.3 is 6.09 Å². The van der Waals surface area contributed by atoms with Crippen LogP contribution in [0.1, 0.15) is 33.3 Å². The molecule has 1 unspecified atom stereocenters. The summed E-state index contributed by atoms with van der Waals surface area (Å²) in [4.78, 5) is 24.2. The van der Waals surface area contributed by atoms with Crippen LogP contribution in [-0.4, -0.2) is 36.5 Å². The monoisotopic (exact) mass is 361 g/mol. The molecule has 0 radical (unpaired) electrons. The SMILES string of the molecule is CC=CC=NNC(=O)C(COCc1ccccc1)NC(=O)OC(C)(C)C. The average molecular weight is 361 g/mol. The fourth-order valence-electron chi connectivity index (χ4n) is 1.81. The number of allylic oxidation sites excluding steroid dienone is 2. The minimum absolute atomic E-state index is 0.0148. The van der Waals surface area contributed by atoms with Gasteiger partial charge in [0.25, 0.3) is 5.91 Å². The van der Waals surface area contributed by atoms with E-state index in [-0.39, 0.29) is 6.61 Å². The minimum atomic E-state index is -0.934. The molecule has 0 saturated carbocycles. The molecule has 0 saturated heterocycles. The molecule has 1 aromatic rings. The average Bonchev–Trinajstić information content (AvgIpc) is 2.57. The zero-order chi connectivity index (χ0) is 19.4. The van der Waals surface area contributed by atoms with E-state index in [0.29, 0.717) is 6.61 Å². The Kier molecular flexibility index (Phi) is 9.08. The second-order valence-electron chi connectivity index (χ2n) is 6.48. The van der Waals surface area contributed by atoms with E-state index in [4.69, 9.17) is 9.47 Å². The van der Waals surface area contributed by atoms with Crippen LogP contribution >= 0.6 is 0 Å². The number of alkyl carbamates (subject to hydrolysis) is 1. The third-order valence-electron chi connectivity index (χ3n) is 2.93. The molecule has 2 N–H and O–H groups in total. The Morgan fingerprint density at radius 1 is 1.23 bits per heavy atom. The van der Waals surface area contributed by atoms with Gasteiger partial charge in [0.1, 0.15) is 11.6 Å². The van der Waals surface area contributed by atoms with Crippen molar-refractivity contribution in [2.75, 3.05) is 6.61 Å². The van der Waals surface area contributed by atoms with E-state index in [1.807, 2.05) is 37.3 Å². The fourth-order valence-corrected chi connectivity index (χ4v) is 1.81. The molecule has 7 heteroatoms. The predicted octanol–water partition coefficient (Wildman–Crippen LogP) is 2.77. The molecule has 1 aromatic carbocycles. The van der Waals surface area contributed by atoms with Gasteiger partial charge in [0.15, 0.2) is 0 Å². The summed E-state index contributed by atoms with van der Waals surface area (Å²) in [5.74, 6) is -0.496. The number of hydrazone groups is 1. The molecule has 0 heterocycles. The van der Waals surface area contributed by atoms with Crippen molar-refractivity contribution in [1.82, 2.24) is 10.7 Å². The van der Waals surface area contributed by atoms with E-state index < -0.39 is 23.6 Å². The van der Waals surface area contributed by atoms with Crippen LogP contribution in [0.2, 0.25) is 0 Å². The van der Waals surface area contributed by atoms with Crippen LogP contribution in [0.15, 0.2) is 47.6 Å². The lowest BCUT2D eigenvalue weighted by Gasteiger charge is -2.22. The van der Waals surface area contributed by atoms with Crippen molar-refractivity contribution in [2.24, 2.45) is 5.10 Å². The van der Waals surface area contributed by atoms with E-state index >= 15 is 0 Å². The number of carbonyl (C=O) groups excluding carboxylic acids is 2. The first kappa shape index (κ1) is 21.4. The second kappa shape index (κ2) is 11.0. The molecule has 0 aliphatic heterocycles. The molecule has 0 bridgehead atoms. The normalized spacial score (nSPS) is 12.9. The number of amides is 2. The van der Waals surface area contributed by atoms with Gasteiger partial charge in [0, 0.05) is 6.21 Å². The second-order valence-corrected chi connectivity index (χ2v) is 6.48. The maximum Gasteiger partial charge on any atom is 0.408 e. The van der Waals surface area contributed by atoms with Crippen LogP contribution in [0.25, 0.3) is 0 Å². The summed E-state index contributed by atoms with van der Waals surface area (Å²) in [6, 6.07) is 8.61. The first-order chi connectivity index (χ1) is 12.3. The van der Waals surface area contributed by atoms with Crippen molar-refractivity contribution in [3.05, 3.63) is 48.0 Å². The van der Waals surface area contributed by atoms with Crippen LogP contribution in [-0.2, 0) is 20.9 Å². The molecule has 26 heavy (non-hydrogen) atoms. The molecular weight excluding hydrogens is 334 g/mol. The Balaban J connectivity index is 2.64. The summed E-state index contributed by atoms with van der Waals surface area (Å²) in [7, 11) is 0. The Bertz CT molecular complexity index is 621. The van der Waals surface area contributed by atoms with Crippen molar-refractivity contribution in [1.29, 1.82) is 0 Å². The van der Waals surface area contributed by atoms with Gasteiger partial charge in [-0.15, -0.1) is 0 Å². The quantitative estimate of drug-likeness (QED) is 0.550. The number of ether oxygens (including phenoxy) is 2. The highest BCUT2D eigenvalue weighted by molar-refractivity contribution is 5.86. The van der Waals surface area contributed by atoms with Gasteiger partial charge in [-0.2, -0.15) is 5.10 Å². The molecule has 1 rings (SSSR count). The van der Waals surface area contributed by atoms with Gasteiger partial charge in [-0.1, -0.05) is 36.4 Å². The van der Waals surface area contributed by atoms with Crippen molar-refractivity contribution in [3.8, 4) is 0 Å².